The lowest BCUT2D eigenvalue weighted by atomic mass is 9.56. The van der Waals surface area contributed by atoms with Gasteiger partial charge in [0.2, 0.25) is 0 Å². The predicted molar refractivity (Wildman–Crippen MR) is 110 cm³/mol. The van der Waals surface area contributed by atoms with E-state index < -0.39 is 6.10 Å². The van der Waals surface area contributed by atoms with Crippen molar-refractivity contribution >= 4 is 0 Å². The molecule has 2 aromatic carbocycles. The second-order valence-electron chi connectivity index (χ2n) is 9.01. The molecular weight excluding hydrogens is 348 g/mol. The van der Waals surface area contributed by atoms with E-state index >= 15 is 0 Å². The lowest BCUT2D eigenvalue weighted by molar-refractivity contribution is 0.0787. The van der Waals surface area contributed by atoms with E-state index in [0.29, 0.717) is 6.42 Å². The van der Waals surface area contributed by atoms with Gasteiger partial charge in [0.25, 0.3) is 0 Å². The highest BCUT2D eigenvalue weighted by Gasteiger charge is 2.57. The first kappa shape index (κ1) is 17.8. The Morgan fingerprint density at radius 2 is 1.96 bits per heavy atom. The summed E-state index contributed by atoms with van der Waals surface area (Å²) in [6, 6.07) is 12.9. The molecule has 3 nitrogen and oxygen atoms in total. The van der Waals surface area contributed by atoms with Gasteiger partial charge in [0.1, 0.15) is 6.10 Å². The van der Waals surface area contributed by atoms with Crippen molar-refractivity contribution < 1.29 is 14.6 Å². The van der Waals surface area contributed by atoms with E-state index in [9.17, 15) is 5.11 Å². The van der Waals surface area contributed by atoms with Crippen LogP contribution < -0.4 is 9.47 Å². The minimum atomic E-state index is -0.432. The van der Waals surface area contributed by atoms with Gasteiger partial charge in [-0.05, 0) is 54.4 Å². The average Bonchev–Trinajstić information content (AvgIpc) is 3.01. The third-order valence-corrected chi connectivity index (χ3v) is 7.17. The van der Waals surface area contributed by atoms with Crippen molar-refractivity contribution in [1.82, 2.24) is 0 Å². The highest BCUT2D eigenvalue weighted by Crippen LogP contribution is 2.61. The maximum absolute atomic E-state index is 10.2. The van der Waals surface area contributed by atoms with Crippen molar-refractivity contribution in [3.63, 3.8) is 0 Å². The molecule has 146 valence electrons. The summed E-state index contributed by atoms with van der Waals surface area (Å²) in [6.45, 7) is 4.60. The maximum atomic E-state index is 10.2. The number of aryl methyl sites for hydroxylation is 1. The van der Waals surface area contributed by atoms with Crippen LogP contribution in [0.1, 0.15) is 48.4 Å². The van der Waals surface area contributed by atoms with E-state index in [4.69, 9.17) is 9.47 Å². The van der Waals surface area contributed by atoms with Gasteiger partial charge in [-0.15, -0.1) is 0 Å². The first-order valence-corrected chi connectivity index (χ1v) is 10.3. The van der Waals surface area contributed by atoms with Crippen LogP contribution in [0.5, 0.6) is 11.5 Å². The Morgan fingerprint density at radius 3 is 2.71 bits per heavy atom. The molecule has 2 aliphatic carbocycles. The number of hydrogen-bond donors (Lipinski definition) is 1. The Balaban J connectivity index is 1.72. The number of aliphatic hydroxyl groups is 1. The summed E-state index contributed by atoms with van der Waals surface area (Å²) in [6.07, 6.45) is 7.54. The standard InChI is InChI=1S/C25H28O3/c1-16-13-19(27-3)23-22-21(16)24(2,15-17-7-5-4-6-8-17)11-12-25(22)10-9-18(26)14-20(25)28-23/h4-10,13,18,20,26H,11-12,14-15H2,1-3H3. The monoisotopic (exact) mass is 376 g/mol. The molecule has 0 fully saturated rings. The molecule has 0 radical (unpaired) electrons. The van der Waals surface area contributed by atoms with Gasteiger partial charge in [0.15, 0.2) is 11.5 Å². The van der Waals surface area contributed by atoms with Crippen LogP contribution in [0.3, 0.4) is 0 Å². The highest BCUT2D eigenvalue weighted by atomic mass is 16.5. The molecule has 4 unspecified atom stereocenters. The Hall–Kier alpha value is -2.26. The smallest absolute Gasteiger partial charge is 0.166 e. The number of ether oxygens (including phenoxy) is 2. The average molecular weight is 376 g/mol. The predicted octanol–water partition coefficient (Wildman–Crippen LogP) is 4.62. The zero-order valence-corrected chi connectivity index (χ0v) is 16.9. The van der Waals surface area contributed by atoms with E-state index in [1.165, 1.54) is 22.3 Å². The molecule has 3 heteroatoms. The van der Waals surface area contributed by atoms with Crippen molar-refractivity contribution in [3.8, 4) is 11.5 Å². The quantitative estimate of drug-likeness (QED) is 0.795. The molecule has 28 heavy (non-hydrogen) atoms. The molecule has 1 heterocycles. The first-order chi connectivity index (χ1) is 13.5. The Bertz CT molecular complexity index is 948. The minimum Gasteiger partial charge on any atom is -0.493 e. The fourth-order valence-corrected chi connectivity index (χ4v) is 5.90. The minimum absolute atomic E-state index is 0.0155. The summed E-state index contributed by atoms with van der Waals surface area (Å²) < 4.78 is 12.2. The Kier molecular flexibility index (Phi) is 3.89. The van der Waals surface area contributed by atoms with E-state index in [1.54, 1.807) is 7.11 Å². The molecule has 4 atom stereocenters. The van der Waals surface area contributed by atoms with Gasteiger partial charge in [0.05, 0.1) is 18.6 Å². The summed E-state index contributed by atoms with van der Waals surface area (Å²) >= 11 is 0. The zero-order chi connectivity index (χ0) is 19.5. The third kappa shape index (κ3) is 2.39. The molecule has 0 bridgehead atoms. The molecule has 3 aliphatic rings. The van der Waals surface area contributed by atoms with E-state index in [2.05, 4.69) is 56.3 Å². The van der Waals surface area contributed by atoms with Gasteiger partial charge in [-0.25, -0.2) is 0 Å². The molecule has 0 saturated carbocycles. The van der Waals surface area contributed by atoms with Crippen LogP contribution in [-0.4, -0.2) is 24.4 Å². The summed E-state index contributed by atoms with van der Waals surface area (Å²) in [7, 11) is 1.71. The lowest BCUT2D eigenvalue weighted by Crippen LogP contribution is -2.47. The van der Waals surface area contributed by atoms with Crippen molar-refractivity contribution in [2.75, 3.05) is 7.11 Å². The third-order valence-electron chi connectivity index (χ3n) is 7.17. The number of benzene rings is 2. The summed E-state index contributed by atoms with van der Waals surface area (Å²) in [4.78, 5) is 0. The van der Waals surface area contributed by atoms with Gasteiger partial charge < -0.3 is 14.6 Å². The van der Waals surface area contributed by atoms with Crippen LogP contribution in [0, 0.1) is 6.92 Å². The Morgan fingerprint density at radius 1 is 1.18 bits per heavy atom. The summed E-state index contributed by atoms with van der Waals surface area (Å²) in [5.41, 5.74) is 5.28. The van der Waals surface area contributed by atoms with Gasteiger partial charge >= 0.3 is 0 Å². The normalized spacial score (nSPS) is 32.4. The van der Waals surface area contributed by atoms with Gasteiger partial charge in [0, 0.05) is 12.0 Å². The van der Waals surface area contributed by atoms with Crippen molar-refractivity contribution in [3.05, 3.63) is 70.8 Å². The number of methoxy groups -OCH3 is 1. The maximum Gasteiger partial charge on any atom is 0.166 e. The van der Waals surface area contributed by atoms with Crippen molar-refractivity contribution in [2.24, 2.45) is 0 Å². The van der Waals surface area contributed by atoms with Crippen molar-refractivity contribution in [1.29, 1.82) is 0 Å². The van der Waals surface area contributed by atoms with Crippen LogP contribution in [0.25, 0.3) is 0 Å². The second kappa shape index (κ2) is 6.12. The molecule has 1 aliphatic heterocycles. The zero-order valence-electron chi connectivity index (χ0n) is 16.9. The molecule has 5 rings (SSSR count). The molecule has 1 N–H and O–H groups in total. The van der Waals surface area contributed by atoms with Crippen LogP contribution in [0.2, 0.25) is 0 Å². The van der Waals surface area contributed by atoms with Crippen LogP contribution >= 0.6 is 0 Å². The number of hydrogen-bond acceptors (Lipinski definition) is 3. The molecule has 0 saturated heterocycles. The molecule has 1 spiro atoms. The van der Waals surface area contributed by atoms with Gasteiger partial charge in [-0.2, -0.15) is 0 Å². The van der Waals surface area contributed by atoms with E-state index in [1.807, 2.05) is 6.08 Å². The fraction of sp³-hybridized carbons (Fsp3) is 0.440. The SMILES string of the molecule is COc1cc(C)c2c3c1OC1CC(O)C=CC31CCC2(C)Cc1ccccc1. The molecule has 2 aromatic rings. The summed E-state index contributed by atoms with van der Waals surface area (Å²) in [5, 5.41) is 10.2. The first-order valence-electron chi connectivity index (χ1n) is 10.3. The van der Waals surface area contributed by atoms with Crippen LogP contribution in [0.15, 0.2) is 48.6 Å². The molecular formula is C25H28O3. The highest BCUT2D eigenvalue weighted by molar-refractivity contribution is 5.66. The Labute approximate surface area is 167 Å². The van der Waals surface area contributed by atoms with Gasteiger partial charge in [-0.3, -0.25) is 0 Å². The fourth-order valence-electron chi connectivity index (χ4n) is 5.90. The largest absolute Gasteiger partial charge is 0.493 e. The topological polar surface area (TPSA) is 38.7 Å². The summed E-state index contributed by atoms with van der Waals surface area (Å²) in [5.74, 6) is 1.71. The number of aliphatic hydroxyl groups excluding tert-OH is 1. The molecule has 0 aromatic heterocycles. The van der Waals surface area contributed by atoms with Crippen LogP contribution in [0.4, 0.5) is 0 Å². The molecule has 0 amide bonds. The lowest BCUT2D eigenvalue weighted by Gasteiger charge is -2.46. The van der Waals surface area contributed by atoms with Crippen molar-refractivity contribution in [2.45, 2.75) is 62.6 Å². The van der Waals surface area contributed by atoms with Gasteiger partial charge in [-0.1, -0.05) is 49.4 Å². The number of rotatable bonds is 3. The van der Waals surface area contributed by atoms with E-state index in [0.717, 1.165) is 30.8 Å². The van der Waals surface area contributed by atoms with Crippen LogP contribution in [-0.2, 0) is 17.3 Å². The van der Waals surface area contributed by atoms with E-state index in [-0.39, 0.29) is 16.9 Å². The second-order valence-corrected chi connectivity index (χ2v) is 9.01.